The number of nitrogens with one attached hydrogen (secondary N) is 1. The number of hydrogen-bond donors (Lipinski definition) is 1. The molecule has 25 heavy (non-hydrogen) atoms. The Morgan fingerprint density at radius 1 is 1.12 bits per heavy atom. The first-order chi connectivity index (χ1) is 12.2. The molecule has 0 aliphatic carbocycles. The molecule has 1 fully saturated rings. The highest BCUT2D eigenvalue weighted by Crippen LogP contribution is 2.08. The predicted molar refractivity (Wildman–Crippen MR) is 106 cm³/mol. The lowest BCUT2D eigenvalue weighted by molar-refractivity contribution is -0.122. The number of nitrogens with zero attached hydrogens (tertiary/aromatic N) is 2. The van der Waals surface area contributed by atoms with E-state index >= 15 is 0 Å². The van der Waals surface area contributed by atoms with Gasteiger partial charge in [-0.25, -0.2) is 0 Å². The lowest BCUT2D eigenvalue weighted by atomic mass is 10.3. The second-order valence-corrected chi connectivity index (χ2v) is 5.77. The molecular formula is C20H37N3O2. The van der Waals surface area contributed by atoms with Gasteiger partial charge >= 0.3 is 0 Å². The molecule has 1 saturated heterocycles. The molecule has 144 valence electrons. The fourth-order valence-electron chi connectivity index (χ4n) is 2.14. The van der Waals surface area contributed by atoms with Gasteiger partial charge in [0.25, 0.3) is 0 Å². The van der Waals surface area contributed by atoms with E-state index in [2.05, 4.69) is 29.1 Å². The zero-order valence-corrected chi connectivity index (χ0v) is 16.8. The van der Waals surface area contributed by atoms with Crippen LogP contribution in [0.4, 0.5) is 0 Å². The van der Waals surface area contributed by atoms with Gasteiger partial charge < -0.3 is 15.0 Å². The van der Waals surface area contributed by atoms with Crippen molar-refractivity contribution in [3.05, 3.63) is 30.3 Å². The van der Waals surface area contributed by atoms with E-state index in [0.717, 1.165) is 45.0 Å². The Labute approximate surface area is 154 Å². The number of carbonyl (C=O) groups is 1. The summed E-state index contributed by atoms with van der Waals surface area (Å²) in [5, 5.41) is 2.63. The Hall–Kier alpha value is -1.59. The van der Waals surface area contributed by atoms with E-state index in [0.29, 0.717) is 6.54 Å². The molecule has 0 unspecified atom stereocenters. The van der Waals surface area contributed by atoms with Crippen LogP contribution in [0.1, 0.15) is 33.6 Å². The standard InChI is InChI=1S/C10H14O.C8H17N3O.C2H6/c1-2-3-9-11-10-7-5-4-6-8-10;1-9-8(12)7-11-5-3-10(2)4-6-11;1-2/h4-8H,2-3,9H2,1H3;3-7H2,1-2H3,(H,9,12);1-2H3. The molecule has 0 radical (unpaired) electrons. The molecule has 0 atom stereocenters. The maximum absolute atomic E-state index is 11.0. The minimum Gasteiger partial charge on any atom is -0.494 e. The van der Waals surface area contributed by atoms with E-state index < -0.39 is 0 Å². The molecule has 1 aliphatic heterocycles. The minimum absolute atomic E-state index is 0.111. The summed E-state index contributed by atoms with van der Waals surface area (Å²) in [6.45, 7) is 11.7. The van der Waals surface area contributed by atoms with Crippen LogP contribution in [0.15, 0.2) is 30.3 Å². The largest absolute Gasteiger partial charge is 0.494 e. The Bertz CT molecular complexity index is 418. The van der Waals surface area contributed by atoms with Gasteiger partial charge in [-0.05, 0) is 25.6 Å². The molecule has 0 saturated carbocycles. The first kappa shape index (κ1) is 23.4. The number of para-hydroxylation sites is 1. The third-order valence-electron chi connectivity index (χ3n) is 3.75. The smallest absolute Gasteiger partial charge is 0.233 e. The van der Waals surface area contributed by atoms with Crippen molar-refractivity contribution in [3.63, 3.8) is 0 Å². The maximum atomic E-state index is 11.0. The second-order valence-electron chi connectivity index (χ2n) is 5.77. The number of rotatable bonds is 6. The summed E-state index contributed by atoms with van der Waals surface area (Å²) in [5.74, 6) is 1.08. The number of carbonyl (C=O) groups excluding carboxylic acids is 1. The number of ether oxygens (including phenoxy) is 1. The van der Waals surface area contributed by atoms with Crippen LogP contribution in [0, 0.1) is 0 Å². The van der Waals surface area contributed by atoms with E-state index in [4.69, 9.17) is 4.74 Å². The van der Waals surface area contributed by atoms with Gasteiger partial charge in [-0.15, -0.1) is 0 Å². The molecular weight excluding hydrogens is 314 g/mol. The van der Waals surface area contributed by atoms with Gasteiger partial charge in [0.1, 0.15) is 5.75 Å². The highest BCUT2D eigenvalue weighted by molar-refractivity contribution is 5.77. The van der Waals surface area contributed by atoms with Gasteiger partial charge in [-0.2, -0.15) is 0 Å². The fraction of sp³-hybridized carbons (Fsp3) is 0.650. The first-order valence-corrected chi connectivity index (χ1v) is 9.45. The van der Waals surface area contributed by atoms with Crippen molar-refractivity contribution in [2.45, 2.75) is 33.6 Å². The van der Waals surface area contributed by atoms with Crippen molar-refractivity contribution in [2.75, 3.05) is 53.4 Å². The normalized spacial score (nSPS) is 14.4. The summed E-state index contributed by atoms with van der Waals surface area (Å²) in [7, 11) is 3.79. The van der Waals surface area contributed by atoms with Crippen LogP contribution in [0.3, 0.4) is 0 Å². The molecule has 1 heterocycles. The summed E-state index contributed by atoms with van der Waals surface area (Å²) < 4.78 is 5.45. The average molecular weight is 352 g/mol. The van der Waals surface area contributed by atoms with E-state index in [1.54, 1.807) is 7.05 Å². The topological polar surface area (TPSA) is 44.8 Å². The lowest BCUT2D eigenvalue weighted by Crippen LogP contribution is -2.47. The summed E-state index contributed by atoms with van der Waals surface area (Å²) in [5.41, 5.74) is 0. The van der Waals surface area contributed by atoms with Gasteiger partial charge in [-0.3, -0.25) is 9.69 Å². The summed E-state index contributed by atoms with van der Waals surface area (Å²) in [6, 6.07) is 9.93. The zero-order valence-electron chi connectivity index (χ0n) is 16.8. The van der Waals surface area contributed by atoms with Crippen molar-refractivity contribution in [2.24, 2.45) is 0 Å². The fourth-order valence-corrected chi connectivity index (χ4v) is 2.14. The second kappa shape index (κ2) is 15.9. The van der Waals surface area contributed by atoms with Crippen molar-refractivity contribution in [3.8, 4) is 5.75 Å². The van der Waals surface area contributed by atoms with Crippen LogP contribution in [0.25, 0.3) is 0 Å². The summed E-state index contributed by atoms with van der Waals surface area (Å²) in [6.07, 6.45) is 2.32. The van der Waals surface area contributed by atoms with Crippen molar-refractivity contribution >= 4 is 5.91 Å². The molecule has 1 aromatic carbocycles. The van der Waals surface area contributed by atoms with E-state index in [-0.39, 0.29) is 5.91 Å². The van der Waals surface area contributed by atoms with Crippen molar-refractivity contribution in [1.82, 2.24) is 15.1 Å². The van der Waals surface area contributed by atoms with E-state index in [9.17, 15) is 4.79 Å². The zero-order chi connectivity index (χ0) is 18.9. The van der Waals surface area contributed by atoms with E-state index in [1.807, 2.05) is 44.2 Å². The summed E-state index contributed by atoms with van der Waals surface area (Å²) >= 11 is 0. The number of hydrogen-bond acceptors (Lipinski definition) is 4. The molecule has 2 rings (SSSR count). The predicted octanol–water partition coefficient (Wildman–Crippen LogP) is 2.87. The third-order valence-corrected chi connectivity index (χ3v) is 3.75. The van der Waals surface area contributed by atoms with Crippen LogP contribution >= 0.6 is 0 Å². The van der Waals surface area contributed by atoms with Gasteiger partial charge in [-0.1, -0.05) is 45.4 Å². The molecule has 0 aromatic heterocycles. The number of amides is 1. The molecule has 1 amide bonds. The Morgan fingerprint density at radius 3 is 2.24 bits per heavy atom. The minimum atomic E-state index is 0.111. The number of unbranched alkanes of at least 4 members (excludes halogenated alkanes) is 1. The van der Waals surface area contributed by atoms with Crippen molar-refractivity contribution < 1.29 is 9.53 Å². The molecule has 5 heteroatoms. The molecule has 1 N–H and O–H groups in total. The monoisotopic (exact) mass is 351 g/mol. The van der Waals surface area contributed by atoms with Crippen LogP contribution in [0.5, 0.6) is 5.75 Å². The average Bonchev–Trinajstić information content (AvgIpc) is 2.67. The SMILES string of the molecule is CC.CCCCOc1ccccc1.CNC(=O)CN1CCN(C)CC1. The number of likely N-dealkylation sites (N-methyl/N-ethyl adjacent to an activating group) is 2. The van der Waals surface area contributed by atoms with E-state index in [1.165, 1.54) is 6.42 Å². The Kier molecular flexibility index (Phi) is 14.9. The van der Waals surface area contributed by atoms with Crippen LogP contribution in [0.2, 0.25) is 0 Å². The summed E-state index contributed by atoms with van der Waals surface area (Å²) in [4.78, 5) is 15.5. The quantitative estimate of drug-likeness (QED) is 0.801. The van der Waals surface area contributed by atoms with Crippen LogP contribution in [-0.4, -0.2) is 69.1 Å². The van der Waals surface area contributed by atoms with Gasteiger partial charge in [0.2, 0.25) is 5.91 Å². The Balaban J connectivity index is 0.000000421. The molecule has 1 aromatic rings. The van der Waals surface area contributed by atoms with Crippen LogP contribution < -0.4 is 10.1 Å². The van der Waals surface area contributed by atoms with Crippen LogP contribution in [-0.2, 0) is 4.79 Å². The third kappa shape index (κ3) is 12.4. The van der Waals surface area contributed by atoms with Gasteiger partial charge in [0, 0.05) is 33.2 Å². The van der Waals surface area contributed by atoms with Crippen molar-refractivity contribution in [1.29, 1.82) is 0 Å². The number of benzene rings is 1. The molecule has 0 spiro atoms. The lowest BCUT2D eigenvalue weighted by Gasteiger charge is -2.31. The van der Waals surface area contributed by atoms with Gasteiger partial charge in [0.15, 0.2) is 0 Å². The van der Waals surface area contributed by atoms with Gasteiger partial charge in [0.05, 0.1) is 13.2 Å². The highest BCUT2D eigenvalue weighted by Gasteiger charge is 2.15. The molecule has 0 bridgehead atoms. The maximum Gasteiger partial charge on any atom is 0.233 e. The molecule has 1 aliphatic rings. The first-order valence-electron chi connectivity index (χ1n) is 9.45. The Morgan fingerprint density at radius 2 is 1.72 bits per heavy atom. The number of piperazine rings is 1. The molecule has 5 nitrogen and oxygen atoms in total. The highest BCUT2D eigenvalue weighted by atomic mass is 16.5.